The molecule has 0 saturated carbocycles. The molecule has 0 aliphatic carbocycles. The molecule has 0 unspecified atom stereocenters. The Hall–Kier alpha value is -2.15. The molecule has 2 saturated heterocycles. The zero-order valence-corrected chi connectivity index (χ0v) is 13.2. The molecule has 7 heteroatoms. The fourth-order valence-electron chi connectivity index (χ4n) is 3.70. The molecule has 2 aliphatic heterocycles. The van der Waals surface area contributed by atoms with Crippen molar-refractivity contribution < 1.29 is 14.7 Å². The molecule has 1 aromatic rings. The van der Waals surface area contributed by atoms with Crippen LogP contribution in [0.5, 0.6) is 0 Å². The molecule has 3 heterocycles. The number of carbonyl (C=O) groups is 2. The monoisotopic (exact) mass is 318 g/mol. The summed E-state index contributed by atoms with van der Waals surface area (Å²) in [5.41, 5.74) is -0.336. The molecular formula is C16H22N4O3. The number of nitrogens with zero attached hydrogens (tertiary/aromatic N) is 2. The van der Waals surface area contributed by atoms with Crippen molar-refractivity contribution in [1.29, 1.82) is 0 Å². The highest BCUT2D eigenvalue weighted by Crippen LogP contribution is 2.38. The summed E-state index contributed by atoms with van der Waals surface area (Å²) in [6.45, 7) is 1.68. The van der Waals surface area contributed by atoms with Gasteiger partial charge in [0.25, 0.3) is 5.91 Å². The van der Waals surface area contributed by atoms with Gasteiger partial charge < -0.3 is 20.6 Å². The van der Waals surface area contributed by atoms with Gasteiger partial charge >= 0.3 is 5.97 Å². The number of aliphatic carboxylic acids is 1. The Labute approximate surface area is 135 Å². The predicted molar refractivity (Wildman–Crippen MR) is 85.4 cm³/mol. The van der Waals surface area contributed by atoms with Crippen LogP contribution in [0.15, 0.2) is 18.3 Å². The Kier molecular flexibility index (Phi) is 4.21. The SMILES string of the molecule is CNc1cc(C(=O)N2CC[C@H]3NCCC[C@]3(C(=O)O)C2)ccn1. The van der Waals surface area contributed by atoms with Gasteiger partial charge in [0.2, 0.25) is 0 Å². The maximum Gasteiger partial charge on any atom is 0.313 e. The van der Waals surface area contributed by atoms with E-state index < -0.39 is 11.4 Å². The minimum absolute atomic E-state index is 0.0527. The molecule has 3 rings (SSSR count). The Bertz CT molecular complexity index is 621. The smallest absolute Gasteiger partial charge is 0.313 e. The van der Waals surface area contributed by atoms with Crippen molar-refractivity contribution in [2.24, 2.45) is 5.41 Å². The molecule has 1 aromatic heterocycles. The van der Waals surface area contributed by atoms with E-state index in [0.717, 1.165) is 13.0 Å². The summed E-state index contributed by atoms with van der Waals surface area (Å²) < 4.78 is 0. The van der Waals surface area contributed by atoms with Crippen LogP contribution in [-0.2, 0) is 4.79 Å². The zero-order valence-electron chi connectivity index (χ0n) is 13.2. The lowest BCUT2D eigenvalue weighted by atomic mass is 9.70. The molecule has 124 valence electrons. The van der Waals surface area contributed by atoms with E-state index in [4.69, 9.17) is 0 Å². The Morgan fingerprint density at radius 1 is 1.52 bits per heavy atom. The number of piperidine rings is 2. The minimum atomic E-state index is -0.870. The number of carboxylic acids is 1. The molecule has 1 amide bonds. The summed E-state index contributed by atoms with van der Waals surface area (Å²) in [5.74, 6) is -0.315. The number of nitrogens with one attached hydrogen (secondary N) is 2. The topological polar surface area (TPSA) is 94.6 Å². The second kappa shape index (κ2) is 6.16. The molecule has 0 radical (unpaired) electrons. The number of carboxylic acid groups (broad SMARTS) is 1. The van der Waals surface area contributed by atoms with Crippen molar-refractivity contribution in [3.05, 3.63) is 23.9 Å². The van der Waals surface area contributed by atoms with Crippen molar-refractivity contribution in [2.45, 2.75) is 25.3 Å². The summed E-state index contributed by atoms with van der Waals surface area (Å²) >= 11 is 0. The van der Waals surface area contributed by atoms with Crippen molar-refractivity contribution in [3.8, 4) is 0 Å². The van der Waals surface area contributed by atoms with Crippen LogP contribution < -0.4 is 10.6 Å². The van der Waals surface area contributed by atoms with E-state index in [9.17, 15) is 14.7 Å². The molecule has 3 N–H and O–H groups in total. The summed E-state index contributed by atoms with van der Waals surface area (Å²) in [7, 11) is 1.75. The van der Waals surface area contributed by atoms with Gasteiger partial charge in [-0.3, -0.25) is 9.59 Å². The van der Waals surface area contributed by atoms with Crippen LogP contribution in [0.1, 0.15) is 29.6 Å². The third-order valence-electron chi connectivity index (χ3n) is 4.99. The fourth-order valence-corrected chi connectivity index (χ4v) is 3.70. The van der Waals surface area contributed by atoms with Gasteiger partial charge in [-0.15, -0.1) is 0 Å². The Morgan fingerprint density at radius 2 is 2.35 bits per heavy atom. The number of carbonyl (C=O) groups excluding carboxylic acids is 1. The van der Waals surface area contributed by atoms with E-state index in [0.29, 0.717) is 30.8 Å². The van der Waals surface area contributed by atoms with Crippen molar-refractivity contribution in [3.63, 3.8) is 0 Å². The molecule has 0 aromatic carbocycles. The number of anilines is 1. The first-order chi connectivity index (χ1) is 11.1. The average Bonchev–Trinajstić information content (AvgIpc) is 2.60. The second-order valence-corrected chi connectivity index (χ2v) is 6.27. The summed E-state index contributed by atoms with van der Waals surface area (Å²) in [4.78, 5) is 30.5. The highest BCUT2D eigenvalue weighted by Gasteiger charge is 2.51. The van der Waals surface area contributed by atoms with E-state index in [1.165, 1.54) is 0 Å². The highest BCUT2D eigenvalue weighted by molar-refractivity contribution is 5.95. The molecule has 7 nitrogen and oxygen atoms in total. The first-order valence-corrected chi connectivity index (χ1v) is 7.97. The highest BCUT2D eigenvalue weighted by atomic mass is 16.4. The number of rotatable bonds is 3. The molecule has 2 aliphatic rings. The number of pyridine rings is 1. The third-order valence-corrected chi connectivity index (χ3v) is 4.99. The summed E-state index contributed by atoms with van der Waals surface area (Å²) in [6, 6.07) is 3.31. The zero-order chi connectivity index (χ0) is 16.4. The quantitative estimate of drug-likeness (QED) is 0.763. The van der Waals surface area contributed by atoms with Crippen LogP contribution in [0.2, 0.25) is 0 Å². The number of likely N-dealkylation sites (tertiary alicyclic amines) is 1. The first kappa shape index (κ1) is 15.7. The van der Waals surface area contributed by atoms with E-state index in [-0.39, 0.29) is 18.5 Å². The third kappa shape index (κ3) is 2.76. The molecule has 2 fully saturated rings. The van der Waals surface area contributed by atoms with Gasteiger partial charge in [-0.25, -0.2) is 4.98 Å². The number of fused-ring (bicyclic) bond motifs is 1. The lowest BCUT2D eigenvalue weighted by Gasteiger charge is -2.48. The number of aromatic nitrogens is 1. The predicted octanol–water partition coefficient (Wildman–Crippen LogP) is 0.792. The van der Waals surface area contributed by atoms with Crippen LogP contribution in [0, 0.1) is 5.41 Å². The minimum Gasteiger partial charge on any atom is -0.481 e. The van der Waals surface area contributed by atoms with Crippen LogP contribution in [0.3, 0.4) is 0 Å². The molecular weight excluding hydrogens is 296 g/mol. The summed E-state index contributed by atoms with van der Waals surface area (Å²) in [6.07, 6.45) is 3.69. The Morgan fingerprint density at radius 3 is 3.09 bits per heavy atom. The average molecular weight is 318 g/mol. The maximum atomic E-state index is 12.8. The van der Waals surface area contributed by atoms with Gasteiger partial charge in [0, 0.05) is 37.9 Å². The first-order valence-electron chi connectivity index (χ1n) is 7.97. The van der Waals surface area contributed by atoms with Crippen molar-refractivity contribution >= 4 is 17.7 Å². The van der Waals surface area contributed by atoms with E-state index >= 15 is 0 Å². The van der Waals surface area contributed by atoms with Gasteiger partial charge in [-0.05, 0) is 37.9 Å². The van der Waals surface area contributed by atoms with Gasteiger partial charge in [0.05, 0.1) is 0 Å². The van der Waals surface area contributed by atoms with Gasteiger partial charge in [-0.1, -0.05) is 0 Å². The number of amides is 1. The normalized spacial score (nSPS) is 27.2. The van der Waals surface area contributed by atoms with Crippen LogP contribution in [0.4, 0.5) is 5.82 Å². The van der Waals surface area contributed by atoms with E-state index in [2.05, 4.69) is 15.6 Å². The van der Waals surface area contributed by atoms with Crippen LogP contribution in [-0.4, -0.2) is 59.6 Å². The fraction of sp³-hybridized carbons (Fsp3) is 0.562. The molecule has 23 heavy (non-hydrogen) atoms. The maximum absolute atomic E-state index is 12.8. The molecule has 2 atom stereocenters. The molecule has 0 spiro atoms. The second-order valence-electron chi connectivity index (χ2n) is 6.27. The standard InChI is InChI=1S/C16H22N4O3/c1-17-13-9-11(3-7-19-13)14(21)20-8-4-12-16(10-20,15(22)23)5-2-6-18-12/h3,7,9,12,18H,2,4-6,8,10H2,1H3,(H,17,19)(H,22,23)/t12-,16+/m1/s1. The van der Waals surface area contributed by atoms with E-state index in [1.54, 1.807) is 30.3 Å². The number of hydrogen-bond donors (Lipinski definition) is 3. The van der Waals surface area contributed by atoms with Gasteiger partial charge in [0.15, 0.2) is 0 Å². The van der Waals surface area contributed by atoms with Crippen molar-refractivity contribution in [1.82, 2.24) is 15.2 Å². The largest absolute Gasteiger partial charge is 0.481 e. The Balaban J connectivity index is 1.83. The lowest BCUT2D eigenvalue weighted by molar-refractivity contribution is -0.156. The van der Waals surface area contributed by atoms with Crippen LogP contribution >= 0.6 is 0 Å². The van der Waals surface area contributed by atoms with Crippen molar-refractivity contribution in [2.75, 3.05) is 32.0 Å². The number of hydrogen-bond acceptors (Lipinski definition) is 5. The van der Waals surface area contributed by atoms with Gasteiger partial charge in [-0.2, -0.15) is 0 Å². The lowest BCUT2D eigenvalue weighted by Crippen LogP contribution is -2.63. The summed E-state index contributed by atoms with van der Waals surface area (Å²) in [5, 5.41) is 16.0. The van der Waals surface area contributed by atoms with Gasteiger partial charge in [0.1, 0.15) is 11.2 Å². The molecule has 0 bridgehead atoms. The van der Waals surface area contributed by atoms with E-state index in [1.807, 2.05) is 0 Å². The van der Waals surface area contributed by atoms with Crippen LogP contribution in [0.25, 0.3) is 0 Å².